The van der Waals surface area contributed by atoms with E-state index in [2.05, 4.69) is 0 Å². The van der Waals surface area contributed by atoms with E-state index in [1.54, 1.807) is 13.8 Å². The maximum atomic E-state index is 13.3. The van der Waals surface area contributed by atoms with Gasteiger partial charge in [-0.15, -0.1) is 0 Å². The van der Waals surface area contributed by atoms with E-state index < -0.39 is 48.7 Å². The van der Waals surface area contributed by atoms with Crippen molar-refractivity contribution in [2.45, 2.75) is 51.1 Å². The van der Waals surface area contributed by atoms with Crippen LogP contribution in [0.15, 0.2) is 0 Å². The Kier molecular flexibility index (Phi) is 4.17. The van der Waals surface area contributed by atoms with Crippen molar-refractivity contribution in [3.63, 3.8) is 0 Å². The molecule has 0 N–H and O–H groups in total. The Morgan fingerprint density at radius 1 is 1.24 bits per heavy atom. The molecular weight excluding hydrogens is 292 g/mol. The van der Waals surface area contributed by atoms with Crippen molar-refractivity contribution in [2.75, 3.05) is 13.1 Å². The van der Waals surface area contributed by atoms with Crippen LogP contribution in [-0.2, 0) is 9.59 Å². The number of hydrogen-bond donors (Lipinski definition) is 0. The molecule has 2 rings (SSSR count). The zero-order valence-electron chi connectivity index (χ0n) is 11.9. The molecule has 0 aromatic carbocycles. The summed E-state index contributed by atoms with van der Waals surface area (Å²) in [6.07, 6.45) is -2.85. The van der Waals surface area contributed by atoms with Crippen molar-refractivity contribution < 1.29 is 27.2 Å². The van der Waals surface area contributed by atoms with Gasteiger partial charge in [-0.05, 0) is 18.8 Å². The van der Waals surface area contributed by atoms with E-state index in [9.17, 15) is 27.2 Å². The molecule has 0 aromatic heterocycles. The van der Waals surface area contributed by atoms with Gasteiger partial charge in [0.15, 0.2) is 0 Å². The van der Waals surface area contributed by atoms with E-state index in [-0.39, 0.29) is 0 Å². The predicted molar refractivity (Wildman–Crippen MR) is 66.0 cm³/mol. The van der Waals surface area contributed by atoms with Gasteiger partial charge in [0.2, 0.25) is 11.8 Å². The molecule has 2 saturated heterocycles. The van der Waals surface area contributed by atoms with Gasteiger partial charge in [0.25, 0.3) is 0 Å². The van der Waals surface area contributed by atoms with E-state index in [1.807, 2.05) is 0 Å². The number of carbonyl (C=O) groups is 2. The Morgan fingerprint density at radius 3 is 2.38 bits per heavy atom. The molecule has 2 atom stereocenters. The fourth-order valence-electron chi connectivity index (χ4n) is 3.04. The Balaban J connectivity index is 2.31. The highest BCUT2D eigenvalue weighted by atomic mass is 19.3. The molecule has 0 aliphatic carbocycles. The molecule has 2 heterocycles. The lowest BCUT2D eigenvalue weighted by Crippen LogP contribution is -2.66. The van der Waals surface area contributed by atoms with Crippen molar-refractivity contribution in [1.82, 2.24) is 9.80 Å². The average molecular weight is 310 g/mol. The Hall–Kier alpha value is -1.34. The van der Waals surface area contributed by atoms with E-state index in [1.165, 1.54) is 4.90 Å². The monoisotopic (exact) mass is 310 g/mol. The number of piperazine rings is 1. The quantitative estimate of drug-likeness (QED) is 0.742. The SMILES string of the molecule is CC(C)C1C(=O)N2CCCC2C(=O)N1CC(F)(F)C(F)F. The fraction of sp³-hybridized carbons (Fsp3) is 0.846. The zero-order valence-corrected chi connectivity index (χ0v) is 11.9. The van der Waals surface area contributed by atoms with Crippen LogP contribution in [-0.4, -0.2) is 59.1 Å². The molecule has 0 aromatic rings. The molecule has 0 spiro atoms. The van der Waals surface area contributed by atoms with Gasteiger partial charge in [-0.1, -0.05) is 13.8 Å². The zero-order chi connectivity index (χ0) is 15.9. The van der Waals surface area contributed by atoms with Gasteiger partial charge in [0.05, 0.1) is 6.54 Å². The molecule has 0 bridgehead atoms. The first-order valence-electron chi connectivity index (χ1n) is 6.93. The van der Waals surface area contributed by atoms with Gasteiger partial charge in [-0.25, -0.2) is 8.78 Å². The molecule has 2 aliphatic rings. The van der Waals surface area contributed by atoms with E-state index in [0.29, 0.717) is 24.3 Å². The van der Waals surface area contributed by atoms with Crippen LogP contribution in [0.3, 0.4) is 0 Å². The first-order valence-corrected chi connectivity index (χ1v) is 6.93. The number of nitrogens with zero attached hydrogens (tertiary/aromatic N) is 2. The van der Waals surface area contributed by atoms with Crippen LogP contribution in [0.25, 0.3) is 0 Å². The maximum absolute atomic E-state index is 13.3. The van der Waals surface area contributed by atoms with Crippen LogP contribution in [0.2, 0.25) is 0 Å². The molecule has 0 radical (unpaired) electrons. The van der Waals surface area contributed by atoms with E-state index >= 15 is 0 Å². The van der Waals surface area contributed by atoms with Crippen molar-refractivity contribution in [1.29, 1.82) is 0 Å². The molecule has 0 saturated carbocycles. The lowest BCUT2D eigenvalue weighted by atomic mass is 9.95. The van der Waals surface area contributed by atoms with Crippen LogP contribution in [0.4, 0.5) is 17.6 Å². The van der Waals surface area contributed by atoms with Crippen LogP contribution < -0.4 is 0 Å². The summed E-state index contributed by atoms with van der Waals surface area (Å²) in [5.41, 5.74) is 0. The van der Waals surface area contributed by atoms with Crippen molar-refractivity contribution in [2.24, 2.45) is 5.92 Å². The maximum Gasteiger partial charge on any atom is 0.324 e. The topological polar surface area (TPSA) is 40.6 Å². The highest BCUT2D eigenvalue weighted by molar-refractivity contribution is 5.97. The fourth-order valence-corrected chi connectivity index (χ4v) is 3.04. The average Bonchev–Trinajstić information content (AvgIpc) is 2.84. The lowest BCUT2D eigenvalue weighted by Gasteiger charge is -2.44. The van der Waals surface area contributed by atoms with Crippen LogP contribution >= 0.6 is 0 Å². The molecule has 2 fully saturated rings. The van der Waals surface area contributed by atoms with Crippen LogP contribution in [0.5, 0.6) is 0 Å². The second kappa shape index (κ2) is 5.46. The molecule has 120 valence electrons. The second-order valence-corrected chi connectivity index (χ2v) is 5.91. The molecule has 8 heteroatoms. The third kappa shape index (κ3) is 2.72. The third-order valence-electron chi connectivity index (χ3n) is 4.02. The highest BCUT2D eigenvalue weighted by Gasteiger charge is 2.53. The molecule has 2 unspecified atom stereocenters. The number of hydrogen-bond acceptors (Lipinski definition) is 2. The standard InChI is InChI=1S/C13H18F4N2O2/c1-7(2)9-11(21)18-5-3-4-8(18)10(20)19(9)6-13(16,17)12(14)15/h7-9,12H,3-6H2,1-2H3. The Labute approximate surface area is 120 Å². The summed E-state index contributed by atoms with van der Waals surface area (Å²) in [6.45, 7) is 2.22. The first-order chi connectivity index (χ1) is 9.66. The molecule has 2 amide bonds. The normalized spacial score (nSPS) is 27.0. The van der Waals surface area contributed by atoms with Crippen LogP contribution in [0, 0.1) is 5.92 Å². The Morgan fingerprint density at radius 2 is 1.86 bits per heavy atom. The second-order valence-electron chi connectivity index (χ2n) is 5.91. The summed E-state index contributed by atoms with van der Waals surface area (Å²) >= 11 is 0. The van der Waals surface area contributed by atoms with Gasteiger partial charge in [0.1, 0.15) is 12.1 Å². The number of rotatable bonds is 4. The van der Waals surface area contributed by atoms with Crippen LogP contribution in [0.1, 0.15) is 26.7 Å². The van der Waals surface area contributed by atoms with Gasteiger partial charge >= 0.3 is 12.3 Å². The van der Waals surface area contributed by atoms with Crippen molar-refractivity contribution >= 4 is 11.8 Å². The van der Waals surface area contributed by atoms with Gasteiger partial charge in [-0.2, -0.15) is 8.78 Å². The minimum Gasteiger partial charge on any atom is -0.329 e. The molecule has 4 nitrogen and oxygen atoms in total. The van der Waals surface area contributed by atoms with Gasteiger partial charge in [-0.3, -0.25) is 9.59 Å². The molecule has 21 heavy (non-hydrogen) atoms. The van der Waals surface area contributed by atoms with E-state index in [4.69, 9.17) is 0 Å². The number of alkyl halides is 4. The minimum atomic E-state index is -4.32. The van der Waals surface area contributed by atoms with Gasteiger partial charge < -0.3 is 9.80 Å². The number of amides is 2. The lowest BCUT2D eigenvalue weighted by molar-refractivity contribution is -0.179. The summed E-state index contributed by atoms with van der Waals surface area (Å²) < 4.78 is 51.5. The summed E-state index contributed by atoms with van der Waals surface area (Å²) in [6, 6.07) is -1.88. The largest absolute Gasteiger partial charge is 0.329 e. The highest BCUT2D eigenvalue weighted by Crippen LogP contribution is 2.33. The molecular formula is C13H18F4N2O2. The number of carbonyl (C=O) groups excluding carboxylic acids is 2. The van der Waals surface area contributed by atoms with E-state index in [0.717, 1.165) is 0 Å². The van der Waals surface area contributed by atoms with Crippen molar-refractivity contribution in [3.8, 4) is 0 Å². The smallest absolute Gasteiger partial charge is 0.324 e. The molecule has 2 aliphatic heterocycles. The van der Waals surface area contributed by atoms with Gasteiger partial charge in [0, 0.05) is 6.54 Å². The Bertz CT molecular complexity index is 442. The first kappa shape index (κ1) is 16.0. The summed E-state index contributed by atoms with van der Waals surface area (Å²) in [5.74, 6) is -5.80. The summed E-state index contributed by atoms with van der Waals surface area (Å²) in [5, 5.41) is 0. The number of fused-ring (bicyclic) bond motifs is 1. The van der Waals surface area contributed by atoms with Crippen molar-refractivity contribution in [3.05, 3.63) is 0 Å². The third-order valence-corrected chi connectivity index (χ3v) is 4.02. The minimum absolute atomic E-state index is 0.395. The summed E-state index contributed by atoms with van der Waals surface area (Å²) in [4.78, 5) is 26.7. The number of halogens is 4. The summed E-state index contributed by atoms with van der Waals surface area (Å²) in [7, 11) is 0. The predicted octanol–water partition coefficient (Wildman–Crippen LogP) is 1.74.